The minimum atomic E-state index is -0.849. The predicted octanol–water partition coefficient (Wildman–Crippen LogP) is 4.84. The zero-order chi connectivity index (χ0) is 22.8. The van der Waals surface area contributed by atoms with Crippen LogP contribution in [-0.4, -0.2) is 59.4 Å². The van der Waals surface area contributed by atoms with Crippen molar-refractivity contribution in [3.8, 4) is 5.75 Å². The zero-order valence-electron chi connectivity index (χ0n) is 18.8. The number of methoxy groups -OCH3 is 1. The molecule has 5 rings (SSSR count). The van der Waals surface area contributed by atoms with E-state index in [0.29, 0.717) is 38.0 Å². The molecular formula is C25H29N5O3. The second kappa shape index (κ2) is 9.13. The van der Waals surface area contributed by atoms with Gasteiger partial charge in [0.2, 0.25) is 5.95 Å². The average molecular weight is 448 g/mol. The second-order valence-electron chi connectivity index (χ2n) is 8.72. The molecule has 2 aliphatic rings. The van der Waals surface area contributed by atoms with Crippen molar-refractivity contribution in [2.24, 2.45) is 0 Å². The van der Waals surface area contributed by atoms with Crippen LogP contribution in [0.15, 0.2) is 42.6 Å². The molecule has 8 heteroatoms. The molecule has 1 saturated carbocycles. The molecule has 2 aromatic carbocycles. The Morgan fingerprint density at radius 1 is 1.06 bits per heavy atom. The van der Waals surface area contributed by atoms with Crippen LogP contribution in [-0.2, 0) is 0 Å². The number of benzene rings is 2. The number of nitrogens with zero attached hydrogens (tertiary/aromatic N) is 4. The van der Waals surface area contributed by atoms with Gasteiger partial charge >= 0.3 is 6.09 Å². The number of hydrogen-bond donors (Lipinski definition) is 2. The predicted molar refractivity (Wildman–Crippen MR) is 129 cm³/mol. The minimum absolute atomic E-state index is 0.479. The van der Waals surface area contributed by atoms with Crippen LogP contribution >= 0.6 is 0 Å². The van der Waals surface area contributed by atoms with Crippen LogP contribution in [0.5, 0.6) is 5.75 Å². The lowest BCUT2D eigenvalue weighted by molar-refractivity contribution is 0.142. The summed E-state index contributed by atoms with van der Waals surface area (Å²) in [5, 5.41) is 13.5. The van der Waals surface area contributed by atoms with Gasteiger partial charge in [-0.2, -0.15) is 0 Å². The molecule has 1 saturated heterocycles. The van der Waals surface area contributed by atoms with Crippen LogP contribution < -0.4 is 15.0 Å². The fourth-order valence-corrected chi connectivity index (χ4v) is 4.99. The molecule has 1 aliphatic carbocycles. The van der Waals surface area contributed by atoms with Crippen LogP contribution in [0.3, 0.4) is 0 Å². The van der Waals surface area contributed by atoms with Crippen molar-refractivity contribution in [1.29, 1.82) is 0 Å². The van der Waals surface area contributed by atoms with E-state index in [0.717, 1.165) is 28.0 Å². The lowest BCUT2D eigenvalue weighted by atomic mass is 9.94. The third-order valence-corrected chi connectivity index (χ3v) is 6.77. The van der Waals surface area contributed by atoms with Gasteiger partial charge in [0, 0.05) is 54.7 Å². The van der Waals surface area contributed by atoms with Crippen molar-refractivity contribution in [2.45, 2.75) is 31.6 Å². The van der Waals surface area contributed by atoms with E-state index in [2.05, 4.69) is 15.2 Å². The Kier molecular flexibility index (Phi) is 5.90. The first-order chi connectivity index (χ1) is 16.1. The van der Waals surface area contributed by atoms with Gasteiger partial charge in [-0.3, -0.25) is 0 Å². The molecule has 0 bridgehead atoms. The molecule has 1 aliphatic heterocycles. The van der Waals surface area contributed by atoms with Crippen molar-refractivity contribution in [1.82, 2.24) is 14.9 Å². The number of ether oxygens (including phenoxy) is 1. The van der Waals surface area contributed by atoms with Gasteiger partial charge < -0.3 is 25.0 Å². The summed E-state index contributed by atoms with van der Waals surface area (Å²) in [6.07, 6.45) is 5.86. The fourth-order valence-electron chi connectivity index (χ4n) is 4.99. The number of fused-ring (bicyclic) bond motifs is 1. The Morgan fingerprint density at radius 3 is 2.45 bits per heavy atom. The van der Waals surface area contributed by atoms with E-state index in [1.807, 2.05) is 42.6 Å². The minimum Gasteiger partial charge on any atom is -0.496 e. The summed E-state index contributed by atoms with van der Waals surface area (Å²) < 4.78 is 5.69. The van der Waals surface area contributed by atoms with Crippen molar-refractivity contribution >= 4 is 34.3 Å². The molecule has 2 fully saturated rings. The Hall–Kier alpha value is -3.55. The third-order valence-electron chi connectivity index (χ3n) is 6.77. The molecule has 3 aromatic rings. The number of hydrogen-bond acceptors (Lipinski definition) is 6. The van der Waals surface area contributed by atoms with Gasteiger partial charge in [0.15, 0.2) is 0 Å². The molecule has 0 spiro atoms. The molecule has 0 atom stereocenters. The van der Waals surface area contributed by atoms with Gasteiger partial charge in [-0.05, 0) is 55.2 Å². The molecular weight excluding hydrogens is 418 g/mol. The highest BCUT2D eigenvalue weighted by Crippen LogP contribution is 2.42. The summed E-state index contributed by atoms with van der Waals surface area (Å²) in [6.45, 7) is 2.43. The molecule has 172 valence electrons. The van der Waals surface area contributed by atoms with Crippen LogP contribution in [0, 0.1) is 0 Å². The maximum atomic E-state index is 11.1. The summed E-state index contributed by atoms with van der Waals surface area (Å²) >= 11 is 0. The van der Waals surface area contributed by atoms with Gasteiger partial charge in [-0.15, -0.1) is 0 Å². The van der Waals surface area contributed by atoms with E-state index in [9.17, 15) is 4.79 Å². The summed E-state index contributed by atoms with van der Waals surface area (Å²) in [5.41, 5.74) is 4.16. The number of rotatable bonds is 5. The topological polar surface area (TPSA) is 90.8 Å². The van der Waals surface area contributed by atoms with Crippen LogP contribution in [0.2, 0.25) is 0 Å². The summed E-state index contributed by atoms with van der Waals surface area (Å²) in [7, 11) is 1.73. The maximum absolute atomic E-state index is 11.1. The van der Waals surface area contributed by atoms with E-state index < -0.39 is 6.09 Å². The Labute approximate surface area is 193 Å². The standard InChI is InChI=1S/C25H29N5O3/c1-33-21-11-6-18-16-26-24(28-23(18)22(21)17-4-2-3-5-17)27-19-7-9-20(10-8-19)29-12-14-30(15-13-29)25(31)32/h6-11,16-17H,2-5,12-15H2,1H3,(H,31,32)(H,26,27,28). The second-order valence-corrected chi connectivity index (χ2v) is 8.72. The Balaban J connectivity index is 1.35. The van der Waals surface area contributed by atoms with Gasteiger partial charge in [0.25, 0.3) is 0 Å². The fraction of sp³-hybridized carbons (Fsp3) is 0.400. The highest BCUT2D eigenvalue weighted by molar-refractivity contribution is 5.85. The first-order valence-electron chi connectivity index (χ1n) is 11.6. The van der Waals surface area contributed by atoms with E-state index in [-0.39, 0.29) is 0 Å². The van der Waals surface area contributed by atoms with Gasteiger partial charge in [0.05, 0.1) is 12.6 Å². The SMILES string of the molecule is COc1ccc2cnc(Nc3ccc(N4CCN(C(=O)O)CC4)cc3)nc2c1C1CCCC1. The van der Waals surface area contributed by atoms with E-state index in [1.165, 1.54) is 36.1 Å². The van der Waals surface area contributed by atoms with Crippen LogP contribution in [0.25, 0.3) is 10.9 Å². The van der Waals surface area contributed by atoms with Crippen molar-refractivity contribution in [3.63, 3.8) is 0 Å². The lowest BCUT2D eigenvalue weighted by Gasteiger charge is -2.34. The van der Waals surface area contributed by atoms with E-state index in [1.54, 1.807) is 7.11 Å². The molecule has 1 aromatic heterocycles. The zero-order valence-corrected chi connectivity index (χ0v) is 18.8. The number of amides is 1. The highest BCUT2D eigenvalue weighted by atomic mass is 16.5. The number of carbonyl (C=O) groups is 1. The number of aromatic nitrogens is 2. The summed E-state index contributed by atoms with van der Waals surface area (Å²) in [5.74, 6) is 1.96. The monoisotopic (exact) mass is 447 g/mol. The maximum Gasteiger partial charge on any atom is 0.407 e. The largest absolute Gasteiger partial charge is 0.496 e. The van der Waals surface area contributed by atoms with Crippen molar-refractivity contribution in [2.75, 3.05) is 43.5 Å². The molecule has 0 unspecified atom stereocenters. The first kappa shape index (κ1) is 21.3. The molecule has 8 nitrogen and oxygen atoms in total. The van der Waals surface area contributed by atoms with E-state index in [4.69, 9.17) is 14.8 Å². The molecule has 1 amide bonds. The highest BCUT2D eigenvalue weighted by Gasteiger charge is 2.24. The Bertz CT molecular complexity index is 1140. The van der Waals surface area contributed by atoms with Crippen molar-refractivity contribution < 1.29 is 14.6 Å². The summed E-state index contributed by atoms with van der Waals surface area (Å²) in [6, 6.07) is 12.2. The number of nitrogens with one attached hydrogen (secondary N) is 1. The smallest absolute Gasteiger partial charge is 0.407 e. The lowest BCUT2D eigenvalue weighted by Crippen LogP contribution is -2.48. The van der Waals surface area contributed by atoms with Crippen LogP contribution in [0.1, 0.15) is 37.2 Å². The third kappa shape index (κ3) is 4.37. The Morgan fingerprint density at radius 2 is 1.79 bits per heavy atom. The molecule has 2 N–H and O–H groups in total. The quantitative estimate of drug-likeness (QED) is 0.578. The van der Waals surface area contributed by atoms with Gasteiger partial charge in [-0.1, -0.05) is 12.8 Å². The number of carboxylic acid groups (broad SMARTS) is 1. The van der Waals surface area contributed by atoms with Crippen LogP contribution in [0.4, 0.5) is 22.1 Å². The van der Waals surface area contributed by atoms with Crippen molar-refractivity contribution in [3.05, 3.63) is 48.2 Å². The summed E-state index contributed by atoms with van der Waals surface area (Å²) in [4.78, 5) is 24.2. The van der Waals surface area contributed by atoms with E-state index >= 15 is 0 Å². The molecule has 0 radical (unpaired) electrons. The normalized spacial score (nSPS) is 16.9. The average Bonchev–Trinajstić information content (AvgIpc) is 3.38. The molecule has 2 heterocycles. The number of piperazine rings is 1. The van der Waals surface area contributed by atoms with Gasteiger partial charge in [-0.25, -0.2) is 14.8 Å². The molecule has 33 heavy (non-hydrogen) atoms. The first-order valence-corrected chi connectivity index (χ1v) is 11.6. The van der Waals surface area contributed by atoms with Gasteiger partial charge in [0.1, 0.15) is 5.75 Å². The number of anilines is 3.